The summed E-state index contributed by atoms with van der Waals surface area (Å²) in [6, 6.07) is 5.83. The standard InChI is InChI=1S/C9H9F3INO2S/c10-9(11,12)5-6-14-17(15,16)8-3-1-7(13)2-4-8/h1-4,14H,5-6H2. The van der Waals surface area contributed by atoms with Gasteiger partial charge in [0, 0.05) is 10.1 Å². The summed E-state index contributed by atoms with van der Waals surface area (Å²) in [5.74, 6) is 0. The molecule has 0 fully saturated rings. The van der Waals surface area contributed by atoms with E-state index >= 15 is 0 Å². The highest BCUT2D eigenvalue weighted by atomic mass is 127. The zero-order chi connectivity index (χ0) is 13.1. The quantitative estimate of drug-likeness (QED) is 0.818. The second-order valence-corrected chi connectivity index (χ2v) is 6.23. The zero-order valence-corrected chi connectivity index (χ0v) is 11.4. The predicted octanol–water partition coefficient (Wildman–Crippen LogP) is 2.52. The first-order chi connectivity index (χ1) is 7.71. The smallest absolute Gasteiger partial charge is 0.211 e. The van der Waals surface area contributed by atoms with Crippen molar-refractivity contribution in [2.24, 2.45) is 0 Å². The lowest BCUT2D eigenvalue weighted by molar-refractivity contribution is -0.132. The third-order valence-electron chi connectivity index (χ3n) is 1.82. The first kappa shape index (κ1) is 14.7. The fourth-order valence-electron chi connectivity index (χ4n) is 1.02. The summed E-state index contributed by atoms with van der Waals surface area (Å²) >= 11 is 2.00. The number of hydrogen-bond acceptors (Lipinski definition) is 2. The minimum Gasteiger partial charge on any atom is -0.211 e. The lowest BCUT2D eigenvalue weighted by atomic mass is 10.4. The maximum atomic E-state index is 11.9. The van der Waals surface area contributed by atoms with E-state index in [-0.39, 0.29) is 4.90 Å². The Kier molecular flexibility index (Phi) is 4.78. The first-order valence-electron chi connectivity index (χ1n) is 4.53. The minimum atomic E-state index is -4.37. The lowest BCUT2D eigenvalue weighted by Crippen LogP contribution is -2.28. The van der Waals surface area contributed by atoms with Gasteiger partial charge in [0.15, 0.2) is 0 Å². The summed E-state index contributed by atoms with van der Waals surface area (Å²) in [5, 5.41) is 0. The van der Waals surface area contributed by atoms with Crippen LogP contribution in [0.5, 0.6) is 0 Å². The van der Waals surface area contributed by atoms with Crippen LogP contribution in [0.3, 0.4) is 0 Å². The monoisotopic (exact) mass is 379 g/mol. The second kappa shape index (κ2) is 5.53. The van der Waals surface area contributed by atoms with Gasteiger partial charge >= 0.3 is 6.18 Å². The van der Waals surface area contributed by atoms with E-state index in [2.05, 4.69) is 0 Å². The van der Waals surface area contributed by atoms with Crippen molar-refractivity contribution in [2.75, 3.05) is 6.54 Å². The molecule has 1 aromatic rings. The van der Waals surface area contributed by atoms with E-state index in [1.807, 2.05) is 27.3 Å². The highest BCUT2D eigenvalue weighted by Crippen LogP contribution is 2.19. The molecule has 0 aromatic heterocycles. The van der Waals surface area contributed by atoms with Gasteiger partial charge in [0.2, 0.25) is 10.0 Å². The van der Waals surface area contributed by atoms with Crippen LogP contribution in [0.2, 0.25) is 0 Å². The van der Waals surface area contributed by atoms with E-state index < -0.39 is 29.2 Å². The molecule has 0 atom stereocenters. The number of alkyl halides is 3. The van der Waals surface area contributed by atoms with Gasteiger partial charge in [0.25, 0.3) is 0 Å². The molecule has 0 aliphatic heterocycles. The second-order valence-electron chi connectivity index (χ2n) is 3.22. The van der Waals surface area contributed by atoms with Crippen LogP contribution in [0.1, 0.15) is 6.42 Å². The molecule has 1 rings (SSSR count). The van der Waals surface area contributed by atoms with Crippen LogP contribution >= 0.6 is 22.6 Å². The Morgan fingerprint density at radius 2 is 1.71 bits per heavy atom. The zero-order valence-electron chi connectivity index (χ0n) is 8.46. The molecule has 0 heterocycles. The van der Waals surface area contributed by atoms with Crippen molar-refractivity contribution in [2.45, 2.75) is 17.5 Å². The summed E-state index contributed by atoms with van der Waals surface area (Å²) in [5.41, 5.74) is 0. The Bertz CT molecular complexity index is 470. The number of hydrogen-bond donors (Lipinski definition) is 1. The van der Waals surface area contributed by atoms with Crippen LogP contribution in [0, 0.1) is 3.57 Å². The summed E-state index contributed by atoms with van der Waals surface area (Å²) in [4.78, 5) is -0.0416. The Morgan fingerprint density at radius 3 is 2.18 bits per heavy atom. The van der Waals surface area contributed by atoms with Crippen molar-refractivity contribution in [3.8, 4) is 0 Å². The van der Waals surface area contributed by atoms with Crippen LogP contribution in [0.15, 0.2) is 29.2 Å². The molecule has 96 valence electrons. The molecular weight excluding hydrogens is 370 g/mol. The van der Waals surface area contributed by atoms with Crippen molar-refractivity contribution in [1.29, 1.82) is 0 Å². The third kappa shape index (κ3) is 5.21. The Labute approximate surface area is 111 Å². The molecule has 0 bridgehead atoms. The van der Waals surface area contributed by atoms with Gasteiger partial charge in [-0.2, -0.15) is 13.2 Å². The van der Waals surface area contributed by atoms with E-state index in [1.165, 1.54) is 12.1 Å². The largest absolute Gasteiger partial charge is 0.390 e. The highest BCUT2D eigenvalue weighted by Gasteiger charge is 2.27. The molecule has 0 unspecified atom stereocenters. The van der Waals surface area contributed by atoms with E-state index in [9.17, 15) is 21.6 Å². The molecule has 0 radical (unpaired) electrons. The van der Waals surface area contributed by atoms with Crippen molar-refractivity contribution in [1.82, 2.24) is 4.72 Å². The van der Waals surface area contributed by atoms with E-state index in [0.717, 1.165) is 3.57 Å². The van der Waals surface area contributed by atoms with Gasteiger partial charge in [0.05, 0.1) is 11.3 Å². The number of rotatable bonds is 4. The van der Waals surface area contributed by atoms with Crippen molar-refractivity contribution in [3.05, 3.63) is 27.8 Å². The normalized spacial score (nSPS) is 12.7. The maximum absolute atomic E-state index is 11.9. The molecule has 0 spiro atoms. The fourth-order valence-corrected chi connectivity index (χ4v) is 2.42. The average molecular weight is 379 g/mol. The highest BCUT2D eigenvalue weighted by molar-refractivity contribution is 14.1. The van der Waals surface area contributed by atoms with E-state index in [0.29, 0.717) is 0 Å². The van der Waals surface area contributed by atoms with Crippen LogP contribution < -0.4 is 4.72 Å². The first-order valence-corrected chi connectivity index (χ1v) is 7.09. The van der Waals surface area contributed by atoms with Crippen LogP contribution in [0.25, 0.3) is 0 Å². The average Bonchev–Trinajstić information content (AvgIpc) is 2.15. The van der Waals surface area contributed by atoms with Gasteiger partial charge in [-0.15, -0.1) is 0 Å². The molecule has 0 aliphatic rings. The Hall–Kier alpha value is -0.350. The van der Waals surface area contributed by atoms with Crippen molar-refractivity contribution >= 4 is 32.6 Å². The predicted molar refractivity (Wildman–Crippen MR) is 65.0 cm³/mol. The minimum absolute atomic E-state index is 0.0416. The molecule has 0 saturated heterocycles. The van der Waals surface area contributed by atoms with Gasteiger partial charge in [-0.25, -0.2) is 13.1 Å². The molecule has 1 N–H and O–H groups in total. The van der Waals surface area contributed by atoms with Gasteiger partial charge in [-0.3, -0.25) is 0 Å². The molecule has 17 heavy (non-hydrogen) atoms. The van der Waals surface area contributed by atoms with Gasteiger partial charge in [-0.1, -0.05) is 0 Å². The fraction of sp³-hybridized carbons (Fsp3) is 0.333. The van der Waals surface area contributed by atoms with Crippen molar-refractivity contribution < 1.29 is 21.6 Å². The Morgan fingerprint density at radius 1 is 1.18 bits per heavy atom. The van der Waals surface area contributed by atoms with Crippen LogP contribution in [0.4, 0.5) is 13.2 Å². The van der Waals surface area contributed by atoms with Gasteiger partial charge in [0.1, 0.15) is 0 Å². The number of benzene rings is 1. The van der Waals surface area contributed by atoms with Gasteiger partial charge < -0.3 is 0 Å². The Balaban J connectivity index is 2.66. The van der Waals surface area contributed by atoms with Crippen molar-refractivity contribution in [3.63, 3.8) is 0 Å². The topological polar surface area (TPSA) is 46.2 Å². The number of nitrogens with one attached hydrogen (secondary N) is 1. The number of sulfonamides is 1. The molecule has 0 saturated carbocycles. The van der Waals surface area contributed by atoms with Crippen LogP contribution in [-0.4, -0.2) is 21.1 Å². The molecule has 8 heteroatoms. The summed E-state index contributed by atoms with van der Waals surface area (Å²) in [6.07, 6.45) is -5.55. The molecule has 0 aliphatic carbocycles. The third-order valence-corrected chi connectivity index (χ3v) is 4.02. The van der Waals surface area contributed by atoms with E-state index in [4.69, 9.17) is 0 Å². The summed E-state index contributed by atoms with van der Waals surface area (Å²) in [7, 11) is -3.85. The lowest BCUT2D eigenvalue weighted by Gasteiger charge is -2.08. The SMILES string of the molecule is O=S(=O)(NCCC(F)(F)F)c1ccc(I)cc1. The van der Waals surface area contributed by atoms with E-state index in [1.54, 1.807) is 12.1 Å². The summed E-state index contributed by atoms with van der Waals surface area (Å²) < 4.78 is 61.4. The summed E-state index contributed by atoms with van der Waals surface area (Å²) in [6.45, 7) is -0.655. The molecular formula is C9H9F3INO2S. The molecule has 0 amide bonds. The number of halogens is 4. The molecule has 3 nitrogen and oxygen atoms in total. The maximum Gasteiger partial charge on any atom is 0.390 e. The van der Waals surface area contributed by atoms with Crippen LogP contribution in [-0.2, 0) is 10.0 Å². The van der Waals surface area contributed by atoms with Gasteiger partial charge in [-0.05, 0) is 46.9 Å². The molecule has 1 aromatic carbocycles.